The van der Waals surface area contributed by atoms with Gasteiger partial charge in [0.05, 0.1) is 11.4 Å². The number of hydrogen-bond donors (Lipinski definition) is 0. The van der Waals surface area contributed by atoms with E-state index in [-0.39, 0.29) is 0 Å². The van der Waals surface area contributed by atoms with Crippen molar-refractivity contribution in [2.24, 2.45) is 5.10 Å². The summed E-state index contributed by atoms with van der Waals surface area (Å²) in [5, 5.41) is 5.89. The molecular weight excluding hydrogens is 160 g/mol. The average Bonchev–Trinajstić information content (AvgIpc) is 2.13. The van der Waals surface area contributed by atoms with Gasteiger partial charge in [0.2, 0.25) is 0 Å². The molecule has 0 saturated carbocycles. The highest BCUT2D eigenvalue weighted by molar-refractivity contribution is 5.92. The Labute approximate surface area is 80.3 Å². The van der Waals surface area contributed by atoms with Gasteiger partial charge in [-0.15, -0.1) is 0 Å². The normalized spacial score (nSPS) is 11.4. The first-order chi connectivity index (χ1) is 6.11. The maximum Gasteiger partial charge on any atom is 0.0572 e. The molecule has 0 amide bonds. The Kier molecular flexibility index (Phi) is 5.28. The SMILES string of the molecule is C=CC=CC(=C)N(C)N=C(C)C=C. The first-order valence-corrected chi connectivity index (χ1v) is 4.01. The van der Waals surface area contributed by atoms with Gasteiger partial charge in [0.25, 0.3) is 0 Å². The van der Waals surface area contributed by atoms with E-state index in [1.807, 2.05) is 26.1 Å². The molecule has 0 aromatic heterocycles. The highest BCUT2D eigenvalue weighted by Crippen LogP contribution is 2.01. The molecule has 0 N–H and O–H groups in total. The predicted molar refractivity (Wildman–Crippen MR) is 59.5 cm³/mol. The first kappa shape index (κ1) is 11.4. The summed E-state index contributed by atoms with van der Waals surface area (Å²) in [5.41, 5.74) is 1.66. The molecule has 70 valence electrons. The van der Waals surface area contributed by atoms with E-state index in [1.54, 1.807) is 17.2 Å². The second-order valence-electron chi connectivity index (χ2n) is 2.56. The van der Waals surface area contributed by atoms with Gasteiger partial charge < -0.3 is 0 Å². The summed E-state index contributed by atoms with van der Waals surface area (Å²) >= 11 is 0. The predicted octanol–water partition coefficient (Wildman–Crippen LogP) is 2.74. The van der Waals surface area contributed by atoms with E-state index in [0.29, 0.717) is 0 Å². The molecule has 2 heteroatoms. The smallest absolute Gasteiger partial charge is 0.0572 e. The monoisotopic (exact) mass is 176 g/mol. The minimum Gasteiger partial charge on any atom is -0.269 e. The zero-order valence-electron chi connectivity index (χ0n) is 8.33. The number of allylic oxidation sites excluding steroid dienone is 4. The summed E-state index contributed by atoms with van der Waals surface area (Å²) < 4.78 is 0. The average molecular weight is 176 g/mol. The molecule has 0 aliphatic carbocycles. The van der Waals surface area contributed by atoms with Crippen LogP contribution in [-0.2, 0) is 0 Å². The Bertz CT molecular complexity index is 259. The van der Waals surface area contributed by atoms with Crippen molar-refractivity contribution in [2.45, 2.75) is 6.92 Å². The molecule has 13 heavy (non-hydrogen) atoms. The van der Waals surface area contributed by atoms with Crippen LogP contribution in [0.1, 0.15) is 6.92 Å². The number of likely N-dealkylation sites (N-methyl/N-ethyl adjacent to an activating group) is 1. The molecule has 0 rings (SSSR count). The van der Waals surface area contributed by atoms with Crippen molar-refractivity contribution in [3.63, 3.8) is 0 Å². The third-order valence-corrected chi connectivity index (χ3v) is 1.44. The number of hydrogen-bond acceptors (Lipinski definition) is 2. The Morgan fingerprint density at radius 3 is 2.46 bits per heavy atom. The molecule has 0 aliphatic rings. The molecule has 0 atom stereocenters. The Morgan fingerprint density at radius 1 is 1.38 bits per heavy atom. The maximum atomic E-state index is 4.20. The lowest BCUT2D eigenvalue weighted by Crippen LogP contribution is -2.09. The number of nitrogens with zero attached hydrogens (tertiary/aromatic N) is 2. The summed E-state index contributed by atoms with van der Waals surface area (Å²) in [6.45, 7) is 12.9. The van der Waals surface area contributed by atoms with E-state index in [2.05, 4.69) is 24.8 Å². The molecule has 0 unspecified atom stereocenters. The van der Waals surface area contributed by atoms with Gasteiger partial charge in [-0.05, 0) is 19.1 Å². The molecule has 0 aromatic rings. The molecular formula is C11H16N2. The first-order valence-electron chi connectivity index (χ1n) is 4.01. The highest BCUT2D eigenvalue weighted by atomic mass is 15.4. The van der Waals surface area contributed by atoms with E-state index >= 15 is 0 Å². The summed E-state index contributed by atoms with van der Waals surface area (Å²) in [7, 11) is 1.84. The van der Waals surface area contributed by atoms with Crippen molar-refractivity contribution in [1.29, 1.82) is 0 Å². The van der Waals surface area contributed by atoms with Crippen molar-refractivity contribution in [1.82, 2.24) is 5.01 Å². The fourth-order valence-electron chi connectivity index (χ4n) is 0.629. The van der Waals surface area contributed by atoms with Gasteiger partial charge in [0.1, 0.15) is 0 Å². The van der Waals surface area contributed by atoms with Crippen molar-refractivity contribution < 1.29 is 0 Å². The molecule has 0 spiro atoms. The van der Waals surface area contributed by atoms with E-state index in [4.69, 9.17) is 0 Å². The zero-order valence-corrected chi connectivity index (χ0v) is 8.33. The van der Waals surface area contributed by atoms with Crippen LogP contribution in [0.15, 0.2) is 54.8 Å². The zero-order chi connectivity index (χ0) is 10.3. The standard InChI is InChI=1S/C11H16N2/c1-6-8-9-11(4)13(5)12-10(3)7-2/h6-9H,1-2,4H2,3,5H3. The van der Waals surface area contributed by atoms with Gasteiger partial charge in [-0.1, -0.05) is 31.9 Å². The largest absolute Gasteiger partial charge is 0.269 e. The summed E-state index contributed by atoms with van der Waals surface area (Å²) in [6.07, 6.45) is 7.05. The van der Waals surface area contributed by atoms with Gasteiger partial charge >= 0.3 is 0 Å². The molecule has 0 saturated heterocycles. The van der Waals surface area contributed by atoms with Gasteiger partial charge in [0, 0.05) is 7.05 Å². The van der Waals surface area contributed by atoms with Crippen LogP contribution in [0.25, 0.3) is 0 Å². The Hall–Kier alpha value is -1.57. The maximum absolute atomic E-state index is 4.20. The summed E-state index contributed by atoms with van der Waals surface area (Å²) in [5.74, 6) is 0. The lowest BCUT2D eigenvalue weighted by Gasteiger charge is -2.12. The van der Waals surface area contributed by atoms with Crippen LogP contribution in [-0.4, -0.2) is 17.8 Å². The van der Waals surface area contributed by atoms with Crippen molar-refractivity contribution >= 4 is 5.71 Å². The van der Waals surface area contributed by atoms with Crippen LogP contribution in [0.3, 0.4) is 0 Å². The topological polar surface area (TPSA) is 15.6 Å². The minimum atomic E-state index is 0.807. The molecule has 0 heterocycles. The summed E-state index contributed by atoms with van der Waals surface area (Å²) in [6, 6.07) is 0. The van der Waals surface area contributed by atoms with E-state index < -0.39 is 0 Å². The molecule has 0 radical (unpaired) electrons. The van der Waals surface area contributed by atoms with E-state index in [9.17, 15) is 0 Å². The summed E-state index contributed by atoms with van der Waals surface area (Å²) in [4.78, 5) is 0. The number of rotatable bonds is 5. The van der Waals surface area contributed by atoms with Crippen LogP contribution in [0, 0.1) is 0 Å². The minimum absolute atomic E-state index is 0.807. The Morgan fingerprint density at radius 2 is 2.00 bits per heavy atom. The fraction of sp³-hybridized carbons (Fsp3) is 0.182. The second kappa shape index (κ2) is 6.00. The molecule has 2 nitrogen and oxygen atoms in total. The van der Waals surface area contributed by atoms with Gasteiger partial charge in [-0.25, -0.2) is 0 Å². The quantitative estimate of drug-likeness (QED) is 0.357. The second-order valence-corrected chi connectivity index (χ2v) is 2.56. The third kappa shape index (κ3) is 4.80. The third-order valence-electron chi connectivity index (χ3n) is 1.44. The van der Waals surface area contributed by atoms with Crippen LogP contribution in [0.5, 0.6) is 0 Å². The molecule has 0 fully saturated rings. The lowest BCUT2D eigenvalue weighted by atomic mass is 10.4. The van der Waals surface area contributed by atoms with Crippen LogP contribution in [0.2, 0.25) is 0 Å². The van der Waals surface area contributed by atoms with Crippen LogP contribution >= 0.6 is 0 Å². The molecule has 0 bridgehead atoms. The Balaban J connectivity index is 4.34. The van der Waals surface area contributed by atoms with Gasteiger partial charge in [-0.3, -0.25) is 5.01 Å². The van der Waals surface area contributed by atoms with Crippen LogP contribution < -0.4 is 0 Å². The van der Waals surface area contributed by atoms with E-state index in [1.165, 1.54) is 0 Å². The van der Waals surface area contributed by atoms with Crippen LogP contribution in [0.4, 0.5) is 0 Å². The lowest BCUT2D eigenvalue weighted by molar-refractivity contribution is 0.463. The number of hydrazone groups is 1. The highest BCUT2D eigenvalue weighted by Gasteiger charge is 1.94. The molecule has 0 aliphatic heterocycles. The van der Waals surface area contributed by atoms with Gasteiger partial charge in [0.15, 0.2) is 0 Å². The van der Waals surface area contributed by atoms with Crippen molar-refractivity contribution in [3.05, 3.63) is 49.7 Å². The van der Waals surface area contributed by atoms with Crippen molar-refractivity contribution in [3.8, 4) is 0 Å². The fourth-order valence-corrected chi connectivity index (χ4v) is 0.629. The van der Waals surface area contributed by atoms with Gasteiger partial charge in [-0.2, -0.15) is 5.10 Å². The molecule has 0 aromatic carbocycles. The van der Waals surface area contributed by atoms with E-state index in [0.717, 1.165) is 11.4 Å². The van der Waals surface area contributed by atoms with Crippen molar-refractivity contribution in [2.75, 3.05) is 7.05 Å².